The first kappa shape index (κ1) is 14.3. The highest BCUT2D eigenvalue weighted by Gasteiger charge is 2.68. The van der Waals surface area contributed by atoms with Crippen molar-refractivity contribution in [2.24, 2.45) is 22.5 Å². The largest absolute Gasteiger partial charge is 0.378 e. The Morgan fingerprint density at radius 1 is 1.21 bits per heavy atom. The van der Waals surface area contributed by atoms with Crippen molar-refractivity contribution in [3.05, 3.63) is 0 Å². The Bertz CT molecular complexity index is 395. The second-order valence-electron chi connectivity index (χ2n) is 6.97. The number of rotatable bonds is 3. The lowest BCUT2D eigenvalue weighted by Gasteiger charge is -2.35. The number of carbonyl (C=O) groups excluding carboxylic acids is 2. The van der Waals surface area contributed by atoms with E-state index in [1.807, 2.05) is 0 Å². The third-order valence-electron chi connectivity index (χ3n) is 5.36. The summed E-state index contributed by atoms with van der Waals surface area (Å²) in [5, 5.41) is 2.87. The number of hydrogen-bond acceptors (Lipinski definition) is 3. The molecule has 0 bridgehead atoms. The van der Waals surface area contributed by atoms with Gasteiger partial charge in [0.05, 0.1) is 6.61 Å². The van der Waals surface area contributed by atoms with E-state index in [0.717, 1.165) is 6.42 Å². The van der Waals surface area contributed by atoms with E-state index in [4.69, 9.17) is 10.5 Å². The zero-order valence-electron chi connectivity index (χ0n) is 12.2. The summed E-state index contributed by atoms with van der Waals surface area (Å²) < 4.78 is 5.34. The van der Waals surface area contributed by atoms with Gasteiger partial charge in [0, 0.05) is 12.5 Å². The molecular formula is C14H24N2O3. The molecular weight excluding hydrogens is 244 g/mol. The number of nitrogens with one attached hydrogen (secondary N) is 1. The van der Waals surface area contributed by atoms with Crippen molar-refractivity contribution >= 4 is 11.8 Å². The second-order valence-corrected chi connectivity index (χ2v) is 6.97. The van der Waals surface area contributed by atoms with Gasteiger partial charge in [0.1, 0.15) is 5.54 Å². The fourth-order valence-electron chi connectivity index (χ4n) is 3.31. The fraction of sp³-hybridized carbons (Fsp3) is 0.857. The normalized spacial score (nSPS) is 32.6. The monoisotopic (exact) mass is 268 g/mol. The first-order valence-corrected chi connectivity index (χ1v) is 6.85. The van der Waals surface area contributed by atoms with Gasteiger partial charge in [-0.2, -0.15) is 0 Å². The van der Waals surface area contributed by atoms with Crippen molar-refractivity contribution in [3.8, 4) is 0 Å². The van der Waals surface area contributed by atoms with Crippen molar-refractivity contribution in [1.82, 2.24) is 5.32 Å². The van der Waals surface area contributed by atoms with Crippen LogP contribution < -0.4 is 11.1 Å². The number of hydrogen-bond donors (Lipinski definition) is 2. The van der Waals surface area contributed by atoms with Gasteiger partial charge in [-0.05, 0) is 23.7 Å². The Morgan fingerprint density at radius 3 is 2.16 bits per heavy atom. The molecule has 1 unspecified atom stereocenters. The van der Waals surface area contributed by atoms with E-state index >= 15 is 0 Å². The molecule has 2 fully saturated rings. The molecule has 1 atom stereocenters. The van der Waals surface area contributed by atoms with Crippen LogP contribution in [0.2, 0.25) is 0 Å². The van der Waals surface area contributed by atoms with Crippen molar-refractivity contribution in [3.63, 3.8) is 0 Å². The van der Waals surface area contributed by atoms with Crippen LogP contribution in [0.4, 0.5) is 0 Å². The lowest BCUT2D eigenvalue weighted by molar-refractivity contribution is -0.138. The summed E-state index contributed by atoms with van der Waals surface area (Å²) >= 11 is 0. The molecule has 2 rings (SSSR count). The maximum Gasteiger partial charge on any atom is 0.245 e. The molecule has 0 aromatic carbocycles. The summed E-state index contributed by atoms with van der Waals surface area (Å²) in [6.45, 7) is 9.10. The summed E-state index contributed by atoms with van der Waals surface area (Å²) in [6.07, 6.45) is 1.29. The molecule has 5 nitrogen and oxygen atoms in total. The molecule has 1 saturated heterocycles. The lowest BCUT2D eigenvalue weighted by Crippen LogP contribution is -2.62. The van der Waals surface area contributed by atoms with Crippen LogP contribution in [0, 0.1) is 16.7 Å². The molecule has 1 aliphatic heterocycles. The molecule has 1 heterocycles. The Labute approximate surface area is 114 Å². The van der Waals surface area contributed by atoms with Crippen LogP contribution in [0.15, 0.2) is 0 Å². The van der Waals surface area contributed by atoms with Crippen LogP contribution in [0.3, 0.4) is 0 Å². The summed E-state index contributed by atoms with van der Waals surface area (Å²) in [5.41, 5.74) is 4.35. The van der Waals surface area contributed by atoms with Crippen LogP contribution in [0.25, 0.3) is 0 Å². The van der Waals surface area contributed by atoms with Crippen molar-refractivity contribution in [2.45, 2.75) is 46.1 Å². The molecule has 0 aromatic heterocycles. The number of ether oxygens (including phenoxy) is 1. The first-order chi connectivity index (χ1) is 8.65. The SMILES string of the molecule is CC1(C)C(C(=O)NC2(C(N)=O)CCCOC2)C1(C)C. The van der Waals surface area contributed by atoms with Gasteiger partial charge in [0.15, 0.2) is 0 Å². The summed E-state index contributed by atoms with van der Waals surface area (Å²) in [6, 6.07) is 0. The van der Waals surface area contributed by atoms with E-state index in [1.165, 1.54) is 0 Å². The van der Waals surface area contributed by atoms with Gasteiger partial charge < -0.3 is 15.8 Å². The number of carbonyl (C=O) groups is 2. The highest BCUT2D eigenvalue weighted by molar-refractivity contribution is 5.93. The van der Waals surface area contributed by atoms with Crippen molar-refractivity contribution in [2.75, 3.05) is 13.2 Å². The average molecular weight is 268 g/mol. The molecule has 19 heavy (non-hydrogen) atoms. The molecule has 3 N–H and O–H groups in total. The standard InChI is InChI=1S/C14H24N2O3/c1-12(2)9(13(12,3)4)10(17)16-14(11(15)18)6-5-7-19-8-14/h9H,5-8H2,1-4H3,(H2,15,18)(H,16,17). The maximum absolute atomic E-state index is 12.4. The molecule has 2 amide bonds. The van der Waals surface area contributed by atoms with Gasteiger partial charge in [-0.15, -0.1) is 0 Å². The number of primary amides is 1. The quantitative estimate of drug-likeness (QED) is 0.795. The molecule has 108 valence electrons. The fourth-order valence-corrected chi connectivity index (χ4v) is 3.31. The summed E-state index contributed by atoms with van der Waals surface area (Å²) in [5.74, 6) is -0.672. The Morgan fingerprint density at radius 2 is 1.79 bits per heavy atom. The van der Waals surface area contributed by atoms with Crippen LogP contribution in [0.5, 0.6) is 0 Å². The van der Waals surface area contributed by atoms with Crippen molar-refractivity contribution < 1.29 is 14.3 Å². The van der Waals surface area contributed by atoms with Gasteiger partial charge in [-0.1, -0.05) is 27.7 Å². The Balaban J connectivity index is 2.11. The van der Waals surface area contributed by atoms with Gasteiger partial charge in [-0.25, -0.2) is 0 Å². The van der Waals surface area contributed by atoms with Gasteiger partial charge in [-0.3, -0.25) is 9.59 Å². The zero-order chi connectivity index (χ0) is 14.5. The number of amides is 2. The minimum absolute atomic E-state index is 0.0502. The summed E-state index contributed by atoms with van der Waals surface area (Å²) in [7, 11) is 0. The van der Waals surface area contributed by atoms with Crippen LogP contribution in [-0.2, 0) is 14.3 Å². The van der Waals surface area contributed by atoms with E-state index in [2.05, 4.69) is 33.0 Å². The molecule has 0 spiro atoms. The van der Waals surface area contributed by atoms with E-state index in [9.17, 15) is 9.59 Å². The molecule has 2 aliphatic rings. The van der Waals surface area contributed by atoms with Crippen LogP contribution in [0.1, 0.15) is 40.5 Å². The smallest absolute Gasteiger partial charge is 0.245 e. The predicted molar refractivity (Wildman–Crippen MR) is 71.2 cm³/mol. The minimum atomic E-state index is -1.02. The van der Waals surface area contributed by atoms with Crippen LogP contribution in [-0.4, -0.2) is 30.6 Å². The van der Waals surface area contributed by atoms with E-state index < -0.39 is 11.4 Å². The Hall–Kier alpha value is -1.10. The van der Waals surface area contributed by atoms with Gasteiger partial charge >= 0.3 is 0 Å². The topological polar surface area (TPSA) is 81.4 Å². The van der Waals surface area contributed by atoms with Gasteiger partial charge in [0.25, 0.3) is 0 Å². The van der Waals surface area contributed by atoms with Gasteiger partial charge in [0.2, 0.25) is 11.8 Å². The highest BCUT2D eigenvalue weighted by Crippen LogP contribution is 2.68. The van der Waals surface area contributed by atoms with E-state index in [1.54, 1.807) is 0 Å². The molecule has 1 aliphatic carbocycles. The molecule has 1 saturated carbocycles. The minimum Gasteiger partial charge on any atom is -0.378 e. The molecule has 0 radical (unpaired) electrons. The number of nitrogens with two attached hydrogens (primary N) is 1. The highest BCUT2D eigenvalue weighted by atomic mass is 16.5. The zero-order valence-corrected chi connectivity index (χ0v) is 12.2. The maximum atomic E-state index is 12.4. The summed E-state index contributed by atoms with van der Waals surface area (Å²) in [4.78, 5) is 24.1. The predicted octanol–water partition coefficient (Wildman–Crippen LogP) is 0.819. The average Bonchev–Trinajstić information content (AvgIpc) is 2.70. The van der Waals surface area contributed by atoms with Crippen molar-refractivity contribution in [1.29, 1.82) is 0 Å². The second kappa shape index (κ2) is 4.20. The third kappa shape index (κ3) is 2.04. The Kier molecular flexibility index (Phi) is 3.16. The van der Waals surface area contributed by atoms with E-state index in [-0.39, 0.29) is 29.3 Å². The third-order valence-corrected chi connectivity index (χ3v) is 5.36. The van der Waals surface area contributed by atoms with E-state index in [0.29, 0.717) is 13.0 Å². The van der Waals surface area contributed by atoms with Crippen LogP contribution >= 0.6 is 0 Å². The first-order valence-electron chi connectivity index (χ1n) is 6.85. The molecule has 0 aromatic rings. The lowest BCUT2D eigenvalue weighted by atomic mass is 9.91. The molecule has 5 heteroatoms.